The Bertz CT molecular complexity index is 405. The predicted octanol–water partition coefficient (Wildman–Crippen LogP) is 0.946. The van der Waals surface area contributed by atoms with Gasteiger partial charge in [-0.3, -0.25) is 4.57 Å². The van der Waals surface area contributed by atoms with Crippen LogP contribution in [0.25, 0.3) is 6.20 Å². The SMILES string of the molecule is Nc1ncc2n1C=CC1OC=CC21. The highest BCUT2D eigenvalue weighted by atomic mass is 16.5. The number of imidazole rings is 1. The highest BCUT2D eigenvalue weighted by molar-refractivity contribution is 5.46. The van der Waals surface area contributed by atoms with Crippen molar-refractivity contribution in [2.75, 3.05) is 5.73 Å². The molecule has 2 aliphatic heterocycles. The fourth-order valence-electron chi connectivity index (χ4n) is 1.82. The van der Waals surface area contributed by atoms with Gasteiger partial charge in [-0.15, -0.1) is 0 Å². The van der Waals surface area contributed by atoms with Gasteiger partial charge in [-0.2, -0.15) is 0 Å². The molecule has 66 valence electrons. The number of rotatable bonds is 0. The van der Waals surface area contributed by atoms with E-state index in [1.807, 2.05) is 22.9 Å². The molecule has 1 aromatic rings. The standard InChI is InChI=1S/C9H9N3O/c10-9-11-5-7-6-2-4-13-8(6)1-3-12(7)9/h1-6,8H,(H2,10,11). The average Bonchev–Trinajstić information content (AvgIpc) is 2.70. The normalized spacial score (nSPS) is 28.3. The molecule has 0 saturated heterocycles. The number of nitrogens with two attached hydrogens (primary N) is 1. The van der Waals surface area contributed by atoms with Gasteiger partial charge in [0.25, 0.3) is 0 Å². The number of hydrogen-bond donors (Lipinski definition) is 1. The highest BCUT2D eigenvalue weighted by Gasteiger charge is 2.30. The zero-order chi connectivity index (χ0) is 8.84. The summed E-state index contributed by atoms with van der Waals surface area (Å²) in [6, 6.07) is 0. The summed E-state index contributed by atoms with van der Waals surface area (Å²) in [5.41, 5.74) is 6.78. The zero-order valence-electron chi connectivity index (χ0n) is 6.92. The van der Waals surface area contributed by atoms with Gasteiger partial charge >= 0.3 is 0 Å². The van der Waals surface area contributed by atoms with E-state index in [0.29, 0.717) is 5.95 Å². The Balaban J connectivity index is 2.18. The lowest BCUT2D eigenvalue weighted by Crippen LogP contribution is -2.19. The molecule has 0 amide bonds. The first-order valence-electron chi connectivity index (χ1n) is 4.19. The van der Waals surface area contributed by atoms with Gasteiger partial charge in [0.2, 0.25) is 5.95 Å². The Hall–Kier alpha value is -1.71. The summed E-state index contributed by atoms with van der Waals surface area (Å²) in [6.07, 6.45) is 9.60. The monoisotopic (exact) mass is 175 g/mol. The molecule has 2 unspecified atom stereocenters. The first-order valence-corrected chi connectivity index (χ1v) is 4.19. The van der Waals surface area contributed by atoms with Crippen LogP contribution >= 0.6 is 0 Å². The van der Waals surface area contributed by atoms with Crippen molar-refractivity contribution in [3.63, 3.8) is 0 Å². The number of ether oxygens (including phenoxy) is 1. The first-order chi connectivity index (χ1) is 6.36. The van der Waals surface area contributed by atoms with Gasteiger partial charge in [-0.1, -0.05) is 0 Å². The van der Waals surface area contributed by atoms with E-state index >= 15 is 0 Å². The van der Waals surface area contributed by atoms with E-state index in [1.165, 1.54) is 0 Å². The summed E-state index contributed by atoms with van der Waals surface area (Å²) < 4.78 is 7.26. The van der Waals surface area contributed by atoms with E-state index in [9.17, 15) is 0 Å². The summed E-state index contributed by atoms with van der Waals surface area (Å²) in [5, 5.41) is 0. The molecule has 0 bridgehead atoms. The third-order valence-electron chi connectivity index (χ3n) is 2.50. The second-order valence-corrected chi connectivity index (χ2v) is 3.21. The molecular weight excluding hydrogens is 166 g/mol. The molecule has 0 fully saturated rings. The van der Waals surface area contributed by atoms with Crippen molar-refractivity contribution in [3.05, 3.63) is 30.3 Å². The molecule has 2 aliphatic rings. The minimum Gasteiger partial charge on any atom is -0.493 e. The van der Waals surface area contributed by atoms with Gasteiger partial charge in [0.05, 0.1) is 24.1 Å². The quantitative estimate of drug-likeness (QED) is 0.638. The van der Waals surface area contributed by atoms with Gasteiger partial charge < -0.3 is 10.5 Å². The minimum atomic E-state index is 0.128. The van der Waals surface area contributed by atoms with Crippen LogP contribution < -0.4 is 5.73 Å². The molecule has 13 heavy (non-hydrogen) atoms. The van der Waals surface area contributed by atoms with Crippen molar-refractivity contribution in [2.24, 2.45) is 0 Å². The lowest BCUT2D eigenvalue weighted by molar-refractivity contribution is 0.197. The van der Waals surface area contributed by atoms with Crippen LogP contribution in [0.1, 0.15) is 11.6 Å². The summed E-state index contributed by atoms with van der Waals surface area (Å²) in [6.45, 7) is 0. The smallest absolute Gasteiger partial charge is 0.204 e. The van der Waals surface area contributed by atoms with Crippen molar-refractivity contribution in [1.82, 2.24) is 9.55 Å². The van der Waals surface area contributed by atoms with E-state index in [4.69, 9.17) is 10.5 Å². The number of hydrogen-bond acceptors (Lipinski definition) is 3. The lowest BCUT2D eigenvalue weighted by atomic mass is 9.98. The van der Waals surface area contributed by atoms with E-state index in [1.54, 1.807) is 12.5 Å². The Labute approximate surface area is 75.3 Å². The van der Waals surface area contributed by atoms with Gasteiger partial charge in [0, 0.05) is 6.20 Å². The molecule has 4 heteroatoms. The largest absolute Gasteiger partial charge is 0.493 e. The molecule has 0 aliphatic carbocycles. The van der Waals surface area contributed by atoms with Crippen molar-refractivity contribution >= 4 is 12.1 Å². The number of anilines is 1. The number of fused-ring (bicyclic) bond motifs is 3. The van der Waals surface area contributed by atoms with Crippen LogP contribution in [-0.4, -0.2) is 15.7 Å². The molecule has 0 aromatic carbocycles. The van der Waals surface area contributed by atoms with Crippen LogP contribution in [0.5, 0.6) is 0 Å². The third kappa shape index (κ3) is 0.771. The summed E-state index contributed by atoms with van der Waals surface area (Å²) in [4.78, 5) is 4.06. The second kappa shape index (κ2) is 2.16. The van der Waals surface area contributed by atoms with E-state index in [2.05, 4.69) is 4.98 Å². The summed E-state index contributed by atoms with van der Waals surface area (Å²) in [7, 11) is 0. The Morgan fingerprint density at radius 2 is 2.38 bits per heavy atom. The third-order valence-corrected chi connectivity index (χ3v) is 2.50. The number of nitrogen functional groups attached to an aromatic ring is 1. The van der Waals surface area contributed by atoms with Crippen LogP contribution in [0.4, 0.5) is 5.95 Å². The van der Waals surface area contributed by atoms with Gasteiger partial charge in [0.15, 0.2) is 0 Å². The molecule has 4 nitrogen and oxygen atoms in total. The predicted molar refractivity (Wildman–Crippen MR) is 48.7 cm³/mol. The van der Waals surface area contributed by atoms with Gasteiger partial charge in [-0.05, 0) is 12.2 Å². The molecular formula is C9H9N3O. The van der Waals surface area contributed by atoms with E-state index in [0.717, 1.165) is 5.69 Å². The maximum absolute atomic E-state index is 5.68. The minimum absolute atomic E-state index is 0.128. The van der Waals surface area contributed by atoms with Crippen molar-refractivity contribution in [3.8, 4) is 0 Å². The van der Waals surface area contributed by atoms with Crippen molar-refractivity contribution in [1.29, 1.82) is 0 Å². The van der Waals surface area contributed by atoms with Crippen LogP contribution in [0.15, 0.2) is 24.6 Å². The van der Waals surface area contributed by atoms with E-state index in [-0.39, 0.29) is 12.0 Å². The zero-order valence-corrected chi connectivity index (χ0v) is 6.92. The molecule has 1 aromatic heterocycles. The molecule has 2 atom stereocenters. The van der Waals surface area contributed by atoms with Crippen LogP contribution in [0.2, 0.25) is 0 Å². The molecule has 2 N–H and O–H groups in total. The summed E-state index contributed by atoms with van der Waals surface area (Å²) >= 11 is 0. The Morgan fingerprint density at radius 3 is 3.31 bits per heavy atom. The molecule has 0 spiro atoms. The van der Waals surface area contributed by atoms with Gasteiger partial charge in [-0.25, -0.2) is 4.98 Å². The number of aromatic nitrogens is 2. The van der Waals surface area contributed by atoms with Crippen LogP contribution in [-0.2, 0) is 4.74 Å². The Morgan fingerprint density at radius 1 is 1.46 bits per heavy atom. The summed E-state index contributed by atoms with van der Waals surface area (Å²) in [5.74, 6) is 0.805. The van der Waals surface area contributed by atoms with Crippen LogP contribution in [0, 0.1) is 0 Å². The highest BCUT2D eigenvalue weighted by Crippen LogP contribution is 2.33. The molecule has 0 saturated carbocycles. The molecule has 0 radical (unpaired) electrons. The van der Waals surface area contributed by atoms with E-state index < -0.39 is 0 Å². The molecule has 3 heterocycles. The fraction of sp³-hybridized carbons (Fsp3) is 0.222. The van der Waals surface area contributed by atoms with Gasteiger partial charge in [0.1, 0.15) is 6.10 Å². The maximum Gasteiger partial charge on any atom is 0.204 e. The maximum atomic E-state index is 5.68. The topological polar surface area (TPSA) is 53.1 Å². The van der Waals surface area contributed by atoms with Crippen molar-refractivity contribution < 1.29 is 4.74 Å². The first kappa shape index (κ1) is 6.77. The number of nitrogens with zero attached hydrogens (tertiary/aromatic N) is 2. The average molecular weight is 175 g/mol. The van der Waals surface area contributed by atoms with Crippen LogP contribution in [0.3, 0.4) is 0 Å². The fourth-order valence-corrected chi connectivity index (χ4v) is 1.82. The molecule has 3 rings (SSSR count). The Kier molecular flexibility index (Phi) is 1.12. The second-order valence-electron chi connectivity index (χ2n) is 3.21. The lowest BCUT2D eigenvalue weighted by Gasteiger charge is -2.20. The van der Waals surface area contributed by atoms with Crippen molar-refractivity contribution in [2.45, 2.75) is 12.0 Å².